The van der Waals surface area contributed by atoms with E-state index >= 15 is 0 Å². The molecule has 3 N–H and O–H groups in total. The van der Waals surface area contributed by atoms with Crippen LogP contribution in [0, 0.1) is 11.8 Å². The quantitative estimate of drug-likeness (QED) is 0.332. The molecule has 1 aromatic heterocycles. The number of carbonyl (C=O) groups is 3. The maximum absolute atomic E-state index is 14.2. The number of hydrogen-bond donors (Lipinski definition) is 3. The van der Waals surface area contributed by atoms with E-state index in [2.05, 4.69) is 15.6 Å². The number of rotatable bonds is 5. The van der Waals surface area contributed by atoms with Gasteiger partial charge in [-0.05, 0) is 42.3 Å². The number of nitrogens with zero attached hydrogens (tertiary/aromatic N) is 1. The Labute approximate surface area is 229 Å². The van der Waals surface area contributed by atoms with Crippen molar-refractivity contribution >= 4 is 45.9 Å². The van der Waals surface area contributed by atoms with Crippen molar-refractivity contribution in [3.63, 3.8) is 0 Å². The monoisotopic (exact) mass is 540 g/mol. The number of likely N-dealkylation sites (tertiary alicyclic amines) is 1. The van der Waals surface area contributed by atoms with E-state index in [1.54, 1.807) is 31.4 Å². The minimum atomic E-state index is -1.41. The van der Waals surface area contributed by atoms with Crippen LogP contribution in [0.5, 0.6) is 5.75 Å². The first kappa shape index (κ1) is 23.9. The lowest BCUT2D eigenvalue weighted by molar-refractivity contribution is -0.143. The fourth-order valence-corrected chi connectivity index (χ4v) is 6.88. The van der Waals surface area contributed by atoms with E-state index in [0.29, 0.717) is 28.4 Å². The first-order valence-electron chi connectivity index (χ1n) is 12.8. The Kier molecular flexibility index (Phi) is 5.33. The van der Waals surface area contributed by atoms with E-state index in [0.717, 1.165) is 22.0 Å². The second-order valence-corrected chi connectivity index (χ2v) is 10.8. The molecule has 4 unspecified atom stereocenters. The van der Waals surface area contributed by atoms with Crippen molar-refractivity contribution in [2.75, 3.05) is 12.4 Å². The van der Waals surface area contributed by atoms with Crippen LogP contribution in [-0.2, 0) is 32.9 Å². The van der Waals surface area contributed by atoms with E-state index in [1.165, 1.54) is 4.90 Å². The van der Waals surface area contributed by atoms with Crippen LogP contribution in [0.3, 0.4) is 0 Å². The molecule has 0 radical (unpaired) electrons. The zero-order valence-corrected chi connectivity index (χ0v) is 21.8. The molecule has 4 atom stereocenters. The lowest BCUT2D eigenvalue weighted by atomic mass is 9.76. The van der Waals surface area contributed by atoms with E-state index in [1.807, 2.05) is 48.7 Å². The maximum atomic E-state index is 14.2. The van der Waals surface area contributed by atoms with Gasteiger partial charge in [0.2, 0.25) is 17.7 Å². The fourth-order valence-electron chi connectivity index (χ4n) is 6.71. The zero-order valence-electron chi connectivity index (χ0n) is 21.0. The van der Waals surface area contributed by atoms with Crippen molar-refractivity contribution < 1.29 is 19.1 Å². The first-order valence-corrected chi connectivity index (χ1v) is 13.2. The largest absolute Gasteiger partial charge is 0.496 e. The Morgan fingerprint density at radius 2 is 1.77 bits per heavy atom. The Balaban J connectivity index is 1.34. The minimum Gasteiger partial charge on any atom is -0.496 e. The van der Waals surface area contributed by atoms with Gasteiger partial charge in [-0.2, -0.15) is 0 Å². The molecule has 7 rings (SSSR count). The number of ether oxygens (including phenoxy) is 1. The zero-order chi connectivity index (χ0) is 26.9. The predicted octanol–water partition coefficient (Wildman–Crippen LogP) is 3.99. The molecule has 39 heavy (non-hydrogen) atoms. The standard InChI is InChI=1S/C30H25ClN4O4/c1-39-24-9-5-2-6-16(24)15-35-27(36)25-23(12-17-14-32-21-8-4-3-7-19(17)21)34-30(26(25)28(35)37)20-13-18(31)10-11-22(20)33-29(30)38/h2-11,13-14,23,25-26,32,34H,12,15H2,1H3,(H,33,38). The molecule has 3 aliphatic heterocycles. The number of fused-ring (bicyclic) bond motifs is 5. The normalized spacial score (nSPS) is 25.4. The summed E-state index contributed by atoms with van der Waals surface area (Å²) in [6.07, 6.45) is 2.39. The third-order valence-corrected chi connectivity index (χ3v) is 8.64. The fraction of sp³-hybridized carbons (Fsp3) is 0.233. The smallest absolute Gasteiger partial charge is 0.250 e. The Morgan fingerprint density at radius 3 is 2.62 bits per heavy atom. The van der Waals surface area contributed by atoms with Crippen LogP contribution in [-0.4, -0.2) is 40.8 Å². The number of benzene rings is 3. The molecule has 8 nitrogen and oxygen atoms in total. The molecule has 3 amide bonds. The summed E-state index contributed by atoms with van der Waals surface area (Å²) in [7, 11) is 1.56. The van der Waals surface area contributed by atoms with Crippen molar-refractivity contribution in [3.05, 3.63) is 94.6 Å². The van der Waals surface area contributed by atoms with E-state index < -0.39 is 23.4 Å². The second kappa shape index (κ2) is 8.69. The average molecular weight is 541 g/mol. The third kappa shape index (κ3) is 3.38. The summed E-state index contributed by atoms with van der Waals surface area (Å²) in [5, 5.41) is 7.91. The number of nitrogens with one attached hydrogen (secondary N) is 3. The van der Waals surface area contributed by atoms with Crippen LogP contribution in [0.15, 0.2) is 72.9 Å². The van der Waals surface area contributed by atoms with E-state index in [9.17, 15) is 14.4 Å². The Bertz CT molecular complexity index is 1680. The molecule has 3 aromatic carbocycles. The number of anilines is 1. The van der Waals surface area contributed by atoms with Crippen LogP contribution in [0.4, 0.5) is 5.69 Å². The lowest BCUT2D eigenvalue weighted by Gasteiger charge is -2.29. The molecule has 0 aliphatic carbocycles. The van der Waals surface area contributed by atoms with Crippen LogP contribution in [0.1, 0.15) is 16.7 Å². The number of carbonyl (C=O) groups excluding carboxylic acids is 3. The van der Waals surface area contributed by atoms with Gasteiger partial charge in [-0.25, -0.2) is 0 Å². The highest BCUT2D eigenvalue weighted by Gasteiger charge is 2.70. The van der Waals surface area contributed by atoms with Crippen LogP contribution in [0.2, 0.25) is 5.02 Å². The van der Waals surface area contributed by atoms with Crippen molar-refractivity contribution in [1.82, 2.24) is 15.2 Å². The highest BCUT2D eigenvalue weighted by molar-refractivity contribution is 6.31. The van der Waals surface area contributed by atoms with Crippen molar-refractivity contribution in [1.29, 1.82) is 0 Å². The molecule has 2 saturated heterocycles. The van der Waals surface area contributed by atoms with Gasteiger partial charge in [0, 0.05) is 45.0 Å². The third-order valence-electron chi connectivity index (χ3n) is 8.40. The van der Waals surface area contributed by atoms with E-state index in [-0.39, 0.29) is 24.3 Å². The molecule has 4 heterocycles. The molecule has 0 saturated carbocycles. The number of H-pyrrole nitrogens is 1. The lowest BCUT2D eigenvalue weighted by Crippen LogP contribution is -2.53. The van der Waals surface area contributed by atoms with Gasteiger partial charge in [0.25, 0.3) is 0 Å². The second-order valence-electron chi connectivity index (χ2n) is 10.3. The van der Waals surface area contributed by atoms with Gasteiger partial charge in [0.15, 0.2) is 0 Å². The summed E-state index contributed by atoms with van der Waals surface area (Å²) < 4.78 is 5.48. The summed E-state index contributed by atoms with van der Waals surface area (Å²) in [4.78, 5) is 46.6. The summed E-state index contributed by atoms with van der Waals surface area (Å²) >= 11 is 6.38. The number of hydrogen-bond acceptors (Lipinski definition) is 5. The number of aromatic nitrogens is 1. The molecular weight excluding hydrogens is 516 g/mol. The SMILES string of the molecule is COc1ccccc1CN1C(=O)C2C(Cc3c[nH]c4ccccc34)NC3(C(=O)Nc4ccc(Cl)cc43)C2C1=O. The molecule has 0 bridgehead atoms. The number of methoxy groups -OCH3 is 1. The molecule has 2 fully saturated rings. The van der Waals surface area contributed by atoms with Gasteiger partial charge in [0.05, 0.1) is 25.5 Å². The number of para-hydroxylation sites is 2. The van der Waals surface area contributed by atoms with Gasteiger partial charge in [-0.1, -0.05) is 48.0 Å². The summed E-state index contributed by atoms with van der Waals surface area (Å²) in [5.41, 5.74) is 2.48. The van der Waals surface area contributed by atoms with Gasteiger partial charge in [-0.3, -0.25) is 24.6 Å². The number of amides is 3. The number of halogens is 1. The summed E-state index contributed by atoms with van der Waals surface area (Å²) in [6.45, 7) is 0.0641. The molecule has 1 spiro atoms. The predicted molar refractivity (Wildman–Crippen MR) is 146 cm³/mol. The van der Waals surface area contributed by atoms with Crippen molar-refractivity contribution in [2.24, 2.45) is 11.8 Å². The highest BCUT2D eigenvalue weighted by atomic mass is 35.5. The Morgan fingerprint density at radius 1 is 0.974 bits per heavy atom. The number of imide groups is 1. The Hall–Kier alpha value is -4.14. The summed E-state index contributed by atoms with van der Waals surface area (Å²) in [6, 6.07) is 19.9. The molecule has 3 aliphatic rings. The molecule has 4 aromatic rings. The first-order chi connectivity index (χ1) is 18.9. The van der Waals surface area contributed by atoms with Gasteiger partial charge >= 0.3 is 0 Å². The van der Waals surface area contributed by atoms with Gasteiger partial charge < -0.3 is 15.0 Å². The van der Waals surface area contributed by atoms with Gasteiger partial charge in [-0.15, -0.1) is 0 Å². The van der Waals surface area contributed by atoms with Crippen LogP contribution < -0.4 is 15.4 Å². The number of aromatic amines is 1. The molecular formula is C30H25ClN4O4. The molecule has 196 valence electrons. The average Bonchev–Trinajstić information content (AvgIpc) is 3.65. The summed E-state index contributed by atoms with van der Waals surface area (Å²) in [5.74, 6) is -2.10. The van der Waals surface area contributed by atoms with E-state index in [4.69, 9.17) is 16.3 Å². The van der Waals surface area contributed by atoms with Crippen molar-refractivity contribution in [3.8, 4) is 5.75 Å². The minimum absolute atomic E-state index is 0.0641. The topological polar surface area (TPSA) is 104 Å². The maximum Gasteiger partial charge on any atom is 0.250 e. The van der Waals surface area contributed by atoms with Gasteiger partial charge in [0.1, 0.15) is 11.3 Å². The molecule has 9 heteroatoms. The highest BCUT2D eigenvalue weighted by Crippen LogP contribution is 2.54. The van der Waals surface area contributed by atoms with Crippen LogP contribution >= 0.6 is 11.6 Å². The van der Waals surface area contributed by atoms with Crippen molar-refractivity contribution in [2.45, 2.75) is 24.5 Å². The van der Waals surface area contributed by atoms with Crippen LogP contribution in [0.25, 0.3) is 10.9 Å².